The third kappa shape index (κ3) is 5.02. The number of fused-ring (bicyclic) bond motifs is 4. The normalized spacial score (nSPS) is 19.6. The SMILES string of the molecule is COc1ccc2c(c1)[C@]1(C[C@H]1c1ccc3c(Nc4cccc5c4OCC5=O)nn(C(=O)OC(C)(C)C)c3c1)C(=O)N2C(=O)OC(C)(C)C. The number of nitrogens with one attached hydrogen (secondary N) is 1. The van der Waals surface area contributed by atoms with Crippen molar-refractivity contribution in [1.82, 2.24) is 9.78 Å². The number of ether oxygens (including phenoxy) is 4. The van der Waals surface area contributed by atoms with Gasteiger partial charge in [0.05, 0.1) is 35.0 Å². The molecular formula is C36H36N4O8. The van der Waals surface area contributed by atoms with E-state index in [0.29, 0.717) is 57.1 Å². The molecule has 12 heteroatoms. The molecule has 48 heavy (non-hydrogen) atoms. The maximum Gasteiger partial charge on any atom is 0.435 e. The van der Waals surface area contributed by atoms with Crippen molar-refractivity contribution in [3.8, 4) is 11.5 Å². The Morgan fingerprint density at radius 1 is 0.958 bits per heavy atom. The highest BCUT2D eigenvalue weighted by Crippen LogP contribution is 2.67. The van der Waals surface area contributed by atoms with Gasteiger partial charge in [-0.15, -0.1) is 5.10 Å². The minimum atomic E-state index is -1.03. The first kappa shape index (κ1) is 31.2. The number of anilines is 3. The Bertz CT molecular complexity index is 2050. The molecule has 3 heterocycles. The molecule has 2 atom stereocenters. The first-order valence-electron chi connectivity index (χ1n) is 15.7. The number of carbonyl (C=O) groups is 4. The summed E-state index contributed by atoms with van der Waals surface area (Å²) in [4.78, 5) is 54.5. The van der Waals surface area contributed by atoms with Gasteiger partial charge < -0.3 is 24.3 Å². The van der Waals surface area contributed by atoms with Gasteiger partial charge in [0.1, 0.15) is 17.0 Å². The molecule has 0 unspecified atom stereocenters. The van der Waals surface area contributed by atoms with Crippen molar-refractivity contribution >= 4 is 52.0 Å². The number of hydrogen-bond donors (Lipinski definition) is 1. The van der Waals surface area contributed by atoms with Crippen LogP contribution in [0.2, 0.25) is 0 Å². The van der Waals surface area contributed by atoms with E-state index in [4.69, 9.17) is 18.9 Å². The summed E-state index contributed by atoms with van der Waals surface area (Å²) in [6.07, 6.45) is -0.992. The number of ketones is 1. The van der Waals surface area contributed by atoms with Crippen molar-refractivity contribution in [3.63, 3.8) is 0 Å². The van der Waals surface area contributed by atoms with Gasteiger partial charge in [-0.05, 0) is 102 Å². The molecule has 1 fully saturated rings. The predicted octanol–water partition coefficient (Wildman–Crippen LogP) is 6.85. The van der Waals surface area contributed by atoms with E-state index >= 15 is 0 Å². The number of para-hydroxylation sites is 1. The maximum absolute atomic E-state index is 14.2. The zero-order chi connectivity index (χ0) is 34.3. The predicted molar refractivity (Wildman–Crippen MR) is 177 cm³/mol. The summed E-state index contributed by atoms with van der Waals surface area (Å²) in [7, 11) is 1.55. The summed E-state index contributed by atoms with van der Waals surface area (Å²) in [5, 5.41) is 8.46. The molecule has 0 radical (unpaired) electrons. The Balaban J connectivity index is 1.30. The number of carbonyl (C=O) groups excluding carboxylic acids is 4. The average molecular weight is 653 g/mol. The lowest BCUT2D eigenvalue weighted by atomic mass is 9.91. The van der Waals surface area contributed by atoms with Gasteiger partial charge in [0.25, 0.3) is 0 Å². The van der Waals surface area contributed by atoms with Crippen LogP contribution >= 0.6 is 0 Å². The Labute approximate surface area is 276 Å². The van der Waals surface area contributed by atoms with Gasteiger partial charge in [-0.1, -0.05) is 12.1 Å². The maximum atomic E-state index is 14.2. The lowest BCUT2D eigenvalue weighted by Crippen LogP contribution is -2.41. The lowest BCUT2D eigenvalue weighted by Gasteiger charge is -2.24. The van der Waals surface area contributed by atoms with Crippen LogP contribution < -0.4 is 19.7 Å². The van der Waals surface area contributed by atoms with E-state index in [1.54, 1.807) is 85.1 Å². The fourth-order valence-corrected chi connectivity index (χ4v) is 6.55. The second kappa shape index (κ2) is 10.6. The number of rotatable bonds is 4. The second-order valence-electron chi connectivity index (χ2n) is 14.3. The first-order valence-corrected chi connectivity index (χ1v) is 15.7. The number of hydrogen-bond acceptors (Lipinski definition) is 10. The molecule has 2 amide bonds. The Morgan fingerprint density at radius 2 is 1.69 bits per heavy atom. The molecular weight excluding hydrogens is 616 g/mol. The molecule has 3 aliphatic rings. The number of amides is 2. The van der Waals surface area contributed by atoms with Crippen LogP contribution in [0, 0.1) is 0 Å². The summed E-state index contributed by atoms with van der Waals surface area (Å²) in [6.45, 7) is 10.5. The van der Waals surface area contributed by atoms with Gasteiger partial charge in [0, 0.05) is 11.3 Å². The fraction of sp³-hybridized carbons (Fsp3) is 0.361. The van der Waals surface area contributed by atoms with Gasteiger partial charge in [-0.25, -0.2) is 14.5 Å². The van der Waals surface area contributed by atoms with Gasteiger partial charge in [0.2, 0.25) is 11.7 Å². The van der Waals surface area contributed by atoms with Crippen LogP contribution in [0.25, 0.3) is 10.9 Å². The average Bonchev–Trinajstić information content (AvgIpc) is 3.39. The smallest absolute Gasteiger partial charge is 0.435 e. The van der Waals surface area contributed by atoms with Crippen LogP contribution in [-0.2, 0) is 19.7 Å². The Kier molecular flexibility index (Phi) is 6.87. The second-order valence-corrected chi connectivity index (χ2v) is 14.3. The quantitative estimate of drug-likeness (QED) is 0.249. The monoisotopic (exact) mass is 652 g/mol. The number of nitrogens with zero attached hydrogens (tertiary/aromatic N) is 3. The Hall–Kier alpha value is -5.39. The highest BCUT2D eigenvalue weighted by molar-refractivity contribution is 6.23. The third-order valence-corrected chi connectivity index (χ3v) is 8.64. The molecule has 2 aliphatic heterocycles. The zero-order valence-corrected chi connectivity index (χ0v) is 27.8. The van der Waals surface area contributed by atoms with Crippen molar-refractivity contribution < 1.29 is 38.1 Å². The van der Waals surface area contributed by atoms with Crippen molar-refractivity contribution in [1.29, 1.82) is 0 Å². The number of aromatic nitrogens is 2. The summed E-state index contributed by atoms with van der Waals surface area (Å²) in [5.41, 5.74) is 0.747. The van der Waals surface area contributed by atoms with E-state index < -0.39 is 28.8 Å². The molecule has 1 aliphatic carbocycles. The van der Waals surface area contributed by atoms with E-state index in [1.807, 2.05) is 18.2 Å². The van der Waals surface area contributed by atoms with Crippen LogP contribution in [0.3, 0.4) is 0 Å². The van der Waals surface area contributed by atoms with E-state index in [0.717, 1.165) is 10.5 Å². The molecule has 4 aromatic rings. The topological polar surface area (TPSA) is 138 Å². The minimum absolute atomic E-state index is 0.0489. The van der Waals surface area contributed by atoms with Gasteiger partial charge in [-0.3, -0.25) is 9.59 Å². The first-order chi connectivity index (χ1) is 22.6. The van der Waals surface area contributed by atoms with E-state index in [9.17, 15) is 19.2 Å². The van der Waals surface area contributed by atoms with E-state index in [1.165, 1.54) is 4.68 Å². The molecule has 1 saturated carbocycles. The number of methoxy groups -OCH3 is 1. The van der Waals surface area contributed by atoms with Gasteiger partial charge in [0.15, 0.2) is 18.2 Å². The molecule has 0 saturated heterocycles. The number of benzene rings is 3. The molecule has 0 bridgehead atoms. The van der Waals surface area contributed by atoms with Crippen LogP contribution in [0.4, 0.5) is 26.8 Å². The number of Topliss-reactive ketones (excluding diaryl/α,β-unsaturated/α-hetero) is 1. The van der Waals surface area contributed by atoms with E-state index in [2.05, 4.69) is 10.4 Å². The van der Waals surface area contributed by atoms with Gasteiger partial charge in [-0.2, -0.15) is 4.68 Å². The summed E-state index contributed by atoms with van der Waals surface area (Å²) in [6, 6.07) is 16.0. The fourth-order valence-electron chi connectivity index (χ4n) is 6.55. The minimum Gasteiger partial charge on any atom is -0.497 e. The Morgan fingerprint density at radius 3 is 2.40 bits per heavy atom. The van der Waals surface area contributed by atoms with Crippen LogP contribution in [0.1, 0.15) is 75.4 Å². The van der Waals surface area contributed by atoms with Crippen molar-refractivity contribution in [2.24, 2.45) is 0 Å². The third-order valence-electron chi connectivity index (χ3n) is 8.64. The highest BCUT2D eigenvalue weighted by atomic mass is 16.6. The molecule has 1 N–H and O–H groups in total. The molecule has 7 rings (SSSR count). The van der Waals surface area contributed by atoms with Crippen molar-refractivity contribution in [2.45, 2.75) is 70.5 Å². The highest BCUT2D eigenvalue weighted by Gasteiger charge is 2.68. The largest absolute Gasteiger partial charge is 0.497 e. The van der Waals surface area contributed by atoms with Gasteiger partial charge >= 0.3 is 12.2 Å². The van der Waals surface area contributed by atoms with Crippen LogP contribution in [-0.4, -0.2) is 58.6 Å². The molecule has 248 valence electrons. The summed E-state index contributed by atoms with van der Waals surface area (Å²) >= 11 is 0. The van der Waals surface area contributed by atoms with Crippen molar-refractivity contribution in [2.75, 3.05) is 23.9 Å². The van der Waals surface area contributed by atoms with Crippen LogP contribution in [0.5, 0.6) is 11.5 Å². The molecule has 12 nitrogen and oxygen atoms in total. The van der Waals surface area contributed by atoms with Crippen molar-refractivity contribution in [3.05, 3.63) is 71.3 Å². The van der Waals surface area contributed by atoms with E-state index in [-0.39, 0.29) is 24.2 Å². The standard InChI is InChI=1S/C36H36N4O8/c1-34(2,3)47-32(43)39-26-14-12-20(45-7)16-23(26)36(31(39)42)17-24(36)19-11-13-21-27(15-19)40(33(44)48-35(4,5)6)38-30(21)37-25-10-8-9-22-28(41)18-46-29(22)25/h8-16,24H,17-18H2,1-7H3,(H,37,38)/t24-,36-/m0/s1. The molecule has 3 aromatic carbocycles. The summed E-state index contributed by atoms with van der Waals surface area (Å²) in [5.74, 6) is 0.523. The molecule has 1 spiro atoms. The van der Waals surface area contributed by atoms with Crippen LogP contribution in [0.15, 0.2) is 54.6 Å². The number of imide groups is 1. The zero-order valence-electron chi connectivity index (χ0n) is 27.8. The molecule has 1 aromatic heterocycles. The summed E-state index contributed by atoms with van der Waals surface area (Å²) < 4.78 is 23.7. The lowest BCUT2D eigenvalue weighted by molar-refractivity contribution is -0.120.